The van der Waals surface area contributed by atoms with Crippen LogP contribution in [0.1, 0.15) is 29.8 Å². The van der Waals surface area contributed by atoms with E-state index in [0.29, 0.717) is 18.7 Å². The van der Waals surface area contributed by atoms with Crippen molar-refractivity contribution in [3.63, 3.8) is 0 Å². The zero-order valence-electron chi connectivity index (χ0n) is 11.5. The van der Waals surface area contributed by atoms with Crippen LogP contribution in [0.5, 0.6) is 0 Å². The second-order valence-electron chi connectivity index (χ2n) is 4.28. The standard InChI is InChI=1S/C14H22N2O2/c1-5-18-11(3)9-16-14(17)12-7-6-10(2)8-13(12)15-4/h6-8,11,15H,5,9H2,1-4H3,(H,16,17). The van der Waals surface area contributed by atoms with E-state index in [1.165, 1.54) is 0 Å². The maximum absolute atomic E-state index is 12.0. The predicted molar refractivity (Wildman–Crippen MR) is 74.1 cm³/mol. The van der Waals surface area contributed by atoms with E-state index in [1.807, 2.05) is 46.0 Å². The van der Waals surface area contributed by atoms with Crippen LogP contribution in [0.4, 0.5) is 5.69 Å². The molecule has 2 N–H and O–H groups in total. The summed E-state index contributed by atoms with van der Waals surface area (Å²) in [6.45, 7) is 7.06. The van der Waals surface area contributed by atoms with E-state index >= 15 is 0 Å². The molecule has 18 heavy (non-hydrogen) atoms. The van der Waals surface area contributed by atoms with Gasteiger partial charge in [0.2, 0.25) is 0 Å². The molecule has 1 aromatic carbocycles. The van der Waals surface area contributed by atoms with Crippen LogP contribution in [0, 0.1) is 6.92 Å². The summed E-state index contributed by atoms with van der Waals surface area (Å²) in [5.74, 6) is -0.0779. The van der Waals surface area contributed by atoms with Crippen LogP contribution in [-0.2, 0) is 4.74 Å². The first kappa shape index (κ1) is 14.5. The third kappa shape index (κ3) is 4.04. The molecule has 0 spiro atoms. The number of benzene rings is 1. The summed E-state index contributed by atoms with van der Waals surface area (Å²) < 4.78 is 5.37. The Hall–Kier alpha value is -1.55. The second-order valence-corrected chi connectivity index (χ2v) is 4.28. The molecular formula is C14H22N2O2. The molecule has 0 aliphatic rings. The molecule has 0 radical (unpaired) electrons. The largest absolute Gasteiger partial charge is 0.387 e. The molecule has 100 valence electrons. The first-order valence-electron chi connectivity index (χ1n) is 6.26. The van der Waals surface area contributed by atoms with E-state index in [1.54, 1.807) is 0 Å². The van der Waals surface area contributed by atoms with Gasteiger partial charge in [-0.25, -0.2) is 0 Å². The van der Waals surface area contributed by atoms with Crippen LogP contribution in [0.2, 0.25) is 0 Å². The maximum Gasteiger partial charge on any atom is 0.253 e. The highest BCUT2D eigenvalue weighted by Crippen LogP contribution is 2.16. The van der Waals surface area contributed by atoms with Crippen molar-refractivity contribution in [1.29, 1.82) is 0 Å². The van der Waals surface area contributed by atoms with Gasteiger partial charge >= 0.3 is 0 Å². The summed E-state index contributed by atoms with van der Waals surface area (Å²) in [5.41, 5.74) is 2.63. The first-order chi connectivity index (χ1) is 8.58. The Morgan fingerprint density at radius 2 is 2.17 bits per heavy atom. The van der Waals surface area contributed by atoms with Crippen LogP contribution in [-0.4, -0.2) is 32.2 Å². The number of hydrogen-bond acceptors (Lipinski definition) is 3. The van der Waals surface area contributed by atoms with Crippen molar-refractivity contribution >= 4 is 11.6 Å². The van der Waals surface area contributed by atoms with Gasteiger partial charge in [-0.3, -0.25) is 4.79 Å². The summed E-state index contributed by atoms with van der Waals surface area (Å²) in [6, 6.07) is 5.73. The normalized spacial score (nSPS) is 12.0. The SMILES string of the molecule is CCOC(C)CNC(=O)c1ccc(C)cc1NC. The smallest absolute Gasteiger partial charge is 0.253 e. The van der Waals surface area contributed by atoms with Crippen molar-refractivity contribution < 1.29 is 9.53 Å². The Kier molecular flexibility index (Phi) is 5.65. The molecule has 0 aliphatic heterocycles. The van der Waals surface area contributed by atoms with Crippen LogP contribution >= 0.6 is 0 Å². The van der Waals surface area contributed by atoms with E-state index in [-0.39, 0.29) is 12.0 Å². The number of amides is 1. The molecule has 0 saturated carbocycles. The van der Waals surface area contributed by atoms with Gasteiger partial charge in [-0.2, -0.15) is 0 Å². The third-order valence-electron chi connectivity index (χ3n) is 2.69. The minimum absolute atomic E-state index is 0.0300. The number of ether oxygens (including phenoxy) is 1. The van der Waals surface area contributed by atoms with Crippen LogP contribution in [0.25, 0.3) is 0 Å². The summed E-state index contributed by atoms with van der Waals surface area (Å²) in [6.07, 6.45) is 0.0300. The molecule has 1 rings (SSSR count). The molecular weight excluding hydrogens is 228 g/mol. The molecule has 0 heterocycles. The summed E-state index contributed by atoms with van der Waals surface area (Å²) in [4.78, 5) is 12.0. The monoisotopic (exact) mass is 250 g/mol. The molecule has 1 unspecified atom stereocenters. The Morgan fingerprint density at radius 3 is 2.78 bits per heavy atom. The Bertz CT molecular complexity index is 405. The lowest BCUT2D eigenvalue weighted by atomic mass is 10.1. The number of rotatable bonds is 6. The summed E-state index contributed by atoms with van der Waals surface area (Å²) >= 11 is 0. The number of nitrogens with one attached hydrogen (secondary N) is 2. The fourth-order valence-electron chi connectivity index (χ4n) is 1.74. The lowest BCUT2D eigenvalue weighted by molar-refractivity contribution is 0.0695. The number of aryl methyl sites for hydroxylation is 1. The summed E-state index contributed by atoms with van der Waals surface area (Å²) in [5, 5.41) is 5.91. The average Bonchev–Trinajstić information content (AvgIpc) is 2.36. The van der Waals surface area contributed by atoms with E-state index in [0.717, 1.165) is 11.3 Å². The molecule has 4 nitrogen and oxygen atoms in total. The minimum Gasteiger partial charge on any atom is -0.387 e. The molecule has 0 aromatic heterocycles. The van der Waals surface area contributed by atoms with Crippen molar-refractivity contribution in [3.8, 4) is 0 Å². The van der Waals surface area contributed by atoms with Gasteiger partial charge in [0.15, 0.2) is 0 Å². The average molecular weight is 250 g/mol. The molecule has 0 saturated heterocycles. The minimum atomic E-state index is -0.0779. The van der Waals surface area contributed by atoms with Gasteiger partial charge in [-0.1, -0.05) is 6.07 Å². The fraction of sp³-hybridized carbons (Fsp3) is 0.500. The number of anilines is 1. The van der Waals surface area contributed by atoms with Crippen LogP contribution < -0.4 is 10.6 Å². The van der Waals surface area contributed by atoms with Gasteiger partial charge in [0.25, 0.3) is 5.91 Å². The Balaban J connectivity index is 2.66. The Morgan fingerprint density at radius 1 is 1.44 bits per heavy atom. The number of carbonyl (C=O) groups is 1. The van der Waals surface area contributed by atoms with Crippen molar-refractivity contribution in [2.45, 2.75) is 26.9 Å². The zero-order chi connectivity index (χ0) is 13.5. The predicted octanol–water partition coefficient (Wildman–Crippen LogP) is 2.19. The molecule has 0 aliphatic carbocycles. The molecule has 1 atom stereocenters. The first-order valence-corrected chi connectivity index (χ1v) is 6.26. The number of carbonyl (C=O) groups excluding carboxylic acids is 1. The van der Waals surface area contributed by atoms with Crippen molar-refractivity contribution in [2.24, 2.45) is 0 Å². The zero-order valence-corrected chi connectivity index (χ0v) is 11.5. The van der Waals surface area contributed by atoms with Gasteiger partial charge < -0.3 is 15.4 Å². The van der Waals surface area contributed by atoms with E-state index in [9.17, 15) is 4.79 Å². The highest BCUT2D eigenvalue weighted by atomic mass is 16.5. The van der Waals surface area contributed by atoms with Crippen molar-refractivity contribution in [1.82, 2.24) is 5.32 Å². The quantitative estimate of drug-likeness (QED) is 0.813. The maximum atomic E-state index is 12.0. The van der Waals surface area contributed by atoms with E-state index in [2.05, 4.69) is 10.6 Å². The van der Waals surface area contributed by atoms with Crippen molar-refractivity contribution in [3.05, 3.63) is 29.3 Å². The van der Waals surface area contributed by atoms with Crippen molar-refractivity contribution in [2.75, 3.05) is 25.5 Å². The lowest BCUT2D eigenvalue weighted by Gasteiger charge is -2.14. The lowest BCUT2D eigenvalue weighted by Crippen LogP contribution is -2.32. The topological polar surface area (TPSA) is 50.4 Å². The Labute approximate surface area is 109 Å². The van der Waals surface area contributed by atoms with Crippen LogP contribution in [0.15, 0.2) is 18.2 Å². The molecule has 1 aromatic rings. The molecule has 0 bridgehead atoms. The van der Waals surface area contributed by atoms with Gasteiger partial charge in [0.05, 0.1) is 11.7 Å². The molecule has 0 fully saturated rings. The van der Waals surface area contributed by atoms with Gasteiger partial charge in [-0.15, -0.1) is 0 Å². The number of hydrogen-bond donors (Lipinski definition) is 2. The highest BCUT2D eigenvalue weighted by Gasteiger charge is 2.11. The molecule has 4 heteroatoms. The van der Waals surface area contributed by atoms with E-state index < -0.39 is 0 Å². The van der Waals surface area contributed by atoms with Crippen LogP contribution in [0.3, 0.4) is 0 Å². The van der Waals surface area contributed by atoms with Gasteiger partial charge in [-0.05, 0) is 38.5 Å². The van der Waals surface area contributed by atoms with Gasteiger partial charge in [0.1, 0.15) is 0 Å². The van der Waals surface area contributed by atoms with Gasteiger partial charge in [0, 0.05) is 25.9 Å². The second kappa shape index (κ2) is 7.01. The highest BCUT2D eigenvalue weighted by molar-refractivity contribution is 5.99. The van der Waals surface area contributed by atoms with E-state index in [4.69, 9.17) is 4.74 Å². The molecule has 1 amide bonds. The fourth-order valence-corrected chi connectivity index (χ4v) is 1.74. The third-order valence-corrected chi connectivity index (χ3v) is 2.69. The summed E-state index contributed by atoms with van der Waals surface area (Å²) in [7, 11) is 1.81.